The number of halogens is 1. The zero-order chi connectivity index (χ0) is 21.1. The lowest BCUT2D eigenvalue weighted by Gasteiger charge is -2.28. The van der Waals surface area contributed by atoms with E-state index in [-0.39, 0.29) is 0 Å². The predicted molar refractivity (Wildman–Crippen MR) is 123 cm³/mol. The summed E-state index contributed by atoms with van der Waals surface area (Å²) in [6.45, 7) is 7.32. The fraction of sp³-hybridized carbons (Fsp3) is 0.500. The highest BCUT2D eigenvalue weighted by Gasteiger charge is 2.16. The molecular formula is C24H31ClN4O. The topological polar surface area (TPSA) is 54.0 Å². The SMILES string of the molecule is Cc1cc(C)c2nc(-c3cc(OCCCCC4CCN(C)CC4)ncc3Cl)[nH]c2c1. The first-order valence-electron chi connectivity index (χ1n) is 10.9. The molecule has 0 bridgehead atoms. The number of hydrogen-bond donors (Lipinski definition) is 1. The van der Waals surface area contributed by atoms with Gasteiger partial charge < -0.3 is 14.6 Å². The number of aryl methyl sites for hydroxylation is 2. The van der Waals surface area contributed by atoms with Crippen molar-refractivity contribution in [3.05, 3.63) is 40.5 Å². The normalized spacial score (nSPS) is 15.7. The van der Waals surface area contributed by atoms with Crippen molar-refractivity contribution < 1.29 is 4.74 Å². The van der Waals surface area contributed by atoms with Gasteiger partial charge in [-0.05, 0) is 82.8 Å². The van der Waals surface area contributed by atoms with Crippen molar-refractivity contribution in [1.29, 1.82) is 0 Å². The second-order valence-corrected chi connectivity index (χ2v) is 9.06. The fourth-order valence-electron chi connectivity index (χ4n) is 4.34. The molecule has 0 amide bonds. The van der Waals surface area contributed by atoms with Crippen molar-refractivity contribution in [2.24, 2.45) is 5.92 Å². The summed E-state index contributed by atoms with van der Waals surface area (Å²) in [6, 6.07) is 6.14. The Bertz CT molecular complexity index is 1010. The minimum absolute atomic E-state index is 0.568. The van der Waals surface area contributed by atoms with Crippen LogP contribution >= 0.6 is 11.6 Å². The molecule has 1 saturated heterocycles. The third-order valence-electron chi connectivity index (χ3n) is 6.10. The molecule has 5 nitrogen and oxygen atoms in total. The van der Waals surface area contributed by atoms with Crippen LogP contribution in [0.25, 0.3) is 22.4 Å². The lowest BCUT2D eigenvalue weighted by Crippen LogP contribution is -2.30. The smallest absolute Gasteiger partial charge is 0.214 e. The van der Waals surface area contributed by atoms with E-state index in [0.717, 1.165) is 40.3 Å². The zero-order valence-electron chi connectivity index (χ0n) is 18.2. The van der Waals surface area contributed by atoms with Gasteiger partial charge in [-0.1, -0.05) is 24.1 Å². The maximum atomic E-state index is 6.43. The molecular weight excluding hydrogens is 396 g/mol. The summed E-state index contributed by atoms with van der Waals surface area (Å²) in [5.74, 6) is 2.22. The van der Waals surface area contributed by atoms with Crippen LogP contribution in [0.2, 0.25) is 5.02 Å². The van der Waals surface area contributed by atoms with Gasteiger partial charge in [0.2, 0.25) is 5.88 Å². The molecule has 160 valence electrons. The van der Waals surface area contributed by atoms with Gasteiger partial charge in [-0.25, -0.2) is 9.97 Å². The van der Waals surface area contributed by atoms with Crippen LogP contribution in [0.15, 0.2) is 24.4 Å². The molecule has 0 unspecified atom stereocenters. The molecule has 0 saturated carbocycles. The largest absolute Gasteiger partial charge is 0.478 e. The molecule has 0 radical (unpaired) electrons. The number of unbranched alkanes of at least 4 members (excludes halogenated alkanes) is 1. The van der Waals surface area contributed by atoms with Crippen LogP contribution in [0.5, 0.6) is 5.88 Å². The minimum atomic E-state index is 0.568. The minimum Gasteiger partial charge on any atom is -0.478 e. The summed E-state index contributed by atoms with van der Waals surface area (Å²) in [7, 11) is 2.21. The molecule has 3 heterocycles. The van der Waals surface area contributed by atoms with Gasteiger partial charge in [0.05, 0.1) is 28.9 Å². The number of H-pyrrole nitrogens is 1. The van der Waals surface area contributed by atoms with Gasteiger partial charge in [-0.15, -0.1) is 0 Å². The van der Waals surface area contributed by atoms with E-state index in [0.29, 0.717) is 17.5 Å². The van der Waals surface area contributed by atoms with Crippen LogP contribution < -0.4 is 4.74 Å². The molecule has 30 heavy (non-hydrogen) atoms. The number of likely N-dealkylation sites (tertiary alicyclic amines) is 1. The van der Waals surface area contributed by atoms with E-state index in [1.54, 1.807) is 6.20 Å². The summed E-state index contributed by atoms with van der Waals surface area (Å²) in [4.78, 5) is 14.9. The number of pyridine rings is 1. The number of piperidine rings is 1. The Morgan fingerprint density at radius 2 is 1.97 bits per heavy atom. The summed E-state index contributed by atoms with van der Waals surface area (Å²) >= 11 is 6.43. The van der Waals surface area contributed by atoms with Crippen molar-refractivity contribution in [1.82, 2.24) is 19.9 Å². The number of nitrogens with one attached hydrogen (secondary N) is 1. The van der Waals surface area contributed by atoms with E-state index in [1.165, 1.54) is 44.3 Å². The average molecular weight is 427 g/mol. The molecule has 0 atom stereocenters. The molecule has 1 fully saturated rings. The second-order valence-electron chi connectivity index (χ2n) is 8.66. The van der Waals surface area contributed by atoms with Crippen molar-refractivity contribution in [2.75, 3.05) is 26.7 Å². The number of fused-ring (bicyclic) bond motifs is 1. The number of imidazole rings is 1. The zero-order valence-corrected chi connectivity index (χ0v) is 18.9. The Morgan fingerprint density at radius 1 is 1.17 bits per heavy atom. The number of aromatic nitrogens is 3. The van der Waals surface area contributed by atoms with Gasteiger partial charge in [-0.2, -0.15) is 0 Å². The maximum absolute atomic E-state index is 6.43. The highest BCUT2D eigenvalue weighted by atomic mass is 35.5. The lowest BCUT2D eigenvalue weighted by atomic mass is 9.92. The van der Waals surface area contributed by atoms with Gasteiger partial charge in [0, 0.05) is 11.6 Å². The van der Waals surface area contributed by atoms with E-state index in [2.05, 4.69) is 47.9 Å². The maximum Gasteiger partial charge on any atom is 0.214 e. The molecule has 2 aromatic heterocycles. The molecule has 4 rings (SSSR count). The third kappa shape index (κ3) is 4.96. The Balaban J connectivity index is 1.36. The van der Waals surface area contributed by atoms with Crippen molar-refractivity contribution in [2.45, 2.75) is 46.0 Å². The molecule has 1 aliphatic heterocycles. The highest BCUT2D eigenvalue weighted by molar-refractivity contribution is 6.33. The molecule has 1 aliphatic rings. The summed E-state index contributed by atoms with van der Waals surface area (Å²) in [5.41, 5.74) is 5.17. The Hall–Kier alpha value is -2.11. The number of aromatic amines is 1. The van der Waals surface area contributed by atoms with E-state index >= 15 is 0 Å². The Morgan fingerprint density at radius 3 is 2.77 bits per heavy atom. The Kier molecular flexibility index (Phi) is 6.59. The summed E-state index contributed by atoms with van der Waals surface area (Å²) in [5, 5.41) is 0.568. The van der Waals surface area contributed by atoms with Crippen LogP contribution in [0.4, 0.5) is 0 Å². The van der Waals surface area contributed by atoms with Gasteiger partial charge in [0.15, 0.2) is 0 Å². The van der Waals surface area contributed by atoms with Gasteiger partial charge >= 0.3 is 0 Å². The van der Waals surface area contributed by atoms with E-state index < -0.39 is 0 Å². The molecule has 0 spiro atoms. The first kappa shape index (κ1) is 21.1. The Labute approximate surface area is 183 Å². The highest BCUT2D eigenvalue weighted by Crippen LogP contribution is 2.31. The van der Waals surface area contributed by atoms with Crippen LogP contribution in [0, 0.1) is 19.8 Å². The first-order chi connectivity index (χ1) is 14.5. The van der Waals surface area contributed by atoms with Crippen molar-refractivity contribution in [3.63, 3.8) is 0 Å². The molecule has 1 aromatic carbocycles. The standard InChI is InChI=1S/C24H31ClN4O/c1-16-12-17(2)23-21(13-16)27-24(28-23)19-14-22(26-15-20(19)25)30-11-5-4-6-18-7-9-29(3)10-8-18/h12-15,18H,4-11H2,1-3H3,(H,27,28). The third-order valence-corrected chi connectivity index (χ3v) is 6.40. The van der Waals surface area contributed by atoms with Crippen LogP contribution in [0.3, 0.4) is 0 Å². The van der Waals surface area contributed by atoms with E-state index in [9.17, 15) is 0 Å². The molecule has 0 aliphatic carbocycles. The summed E-state index contributed by atoms with van der Waals surface area (Å²) < 4.78 is 5.93. The number of rotatable bonds is 7. The van der Waals surface area contributed by atoms with E-state index in [4.69, 9.17) is 21.3 Å². The number of benzene rings is 1. The van der Waals surface area contributed by atoms with Gasteiger partial charge in [0.1, 0.15) is 5.82 Å². The fourth-order valence-corrected chi connectivity index (χ4v) is 4.53. The first-order valence-corrected chi connectivity index (χ1v) is 11.3. The average Bonchev–Trinajstić information content (AvgIpc) is 3.14. The molecule has 3 aromatic rings. The second kappa shape index (κ2) is 9.36. The number of ether oxygens (including phenoxy) is 1. The van der Waals surface area contributed by atoms with Crippen LogP contribution in [-0.4, -0.2) is 46.6 Å². The number of hydrogen-bond acceptors (Lipinski definition) is 4. The molecule has 6 heteroatoms. The predicted octanol–water partition coefficient (Wildman–Crippen LogP) is 5.79. The van der Waals surface area contributed by atoms with Crippen molar-refractivity contribution in [3.8, 4) is 17.3 Å². The lowest BCUT2D eigenvalue weighted by molar-refractivity contribution is 0.205. The summed E-state index contributed by atoms with van der Waals surface area (Å²) in [6.07, 6.45) is 7.86. The van der Waals surface area contributed by atoms with Crippen LogP contribution in [-0.2, 0) is 0 Å². The van der Waals surface area contributed by atoms with Crippen LogP contribution in [0.1, 0.15) is 43.2 Å². The monoisotopic (exact) mass is 426 g/mol. The van der Waals surface area contributed by atoms with Crippen molar-refractivity contribution >= 4 is 22.6 Å². The molecule has 1 N–H and O–H groups in total. The quantitative estimate of drug-likeness (QED) is 0.486. The van der Waals surface area contributed by atoms with Gasteiger partial charge in [0.25, 0.3) is 0 Å². The number of nitrogens with zero attached hydrogens (tertiary/aromatic N) is 3. The van der Waals surface area contributed by atoms with E-state index in [1.807, 2.05) is 6.07 Å². The van der Waals surface area contributed by atoms with Gasteiger partial charge in [-0.3, -0.25) is 0 Å².